The molecule has 2 aromatic rings. The van der Waals surface area contributed by atoms with Gasteiger partial charge in [0, 0.05) is 6.54 Å². The molecule has 0 unspecified atom stereocenters. The van der Waals surface area contributed by atoms with E-state index >= 15 is 0 Å². The molecule has 1 amide bonds. The zero-order chi connectivity index (χ0) is 21.3. The summed E-state index contributed by atoms with van der Waals surface area (Å²) in [5.74, 6) is 0.207. The first-order chi connectivity index (χ1) is 13.6. The highest BCUT2D eigenvalue weighted by Gasteiger charge is 2.40. The molecule has 1 fully saturated rings. The van der Waals surface area contributed by atoms with Crippen LogP contribution in [0.4, 0.5) is 5.69 Å². The number of sulfonamides is 1. The number of amides is 1. The Hall–Kier alpha value is -2.38. The van der Waals surface area contributed by atoms with E-state index in [1.165, 1.54) is 11.4 Å². The number of rotatable bonds is 5. The molecule has 0 bridgehead atoms. The summed E-state index contributed by atoms with van der Waals surface area (Å²) in [6.07, 6.45) is 1.13. The molecule has 1 N–H and O–H groups in total. The highest BCUT2D eigenvalue weighted by atomic mass is 32.2. The maximum Gasteiger partial charge on any atom is 0.244 e. The molecule has 0 aromatic heterocycles. The third-order valence-corrected chi connectivity index (χ3v) is 7.50. The first-order valence-electron chi connectivity index (χ1n) is 9.70. The summed E-state index contributed by atoms with van der Waals surface area (Å²) in [5, 5.41) is 2.87. The highest BCUT2D eigenvalue weighted by Crippen LogP contribution is 2.32. The number of hydrogen-bond acceptors (Lipinski definition) is 4. The number of ether oxygens (including phenoxy) is 1. The lowest BCUT2D eigenvalue weighted by Crippen LogP contribution is -2.43. The van der Waals surface area contributed by atoms with Crippen LogP contribution < -0.4 is 10.1 Å². The lowest BCUT2D eigenvalue weighted by Gasteiger charge is -2.25. The van der Waals surface area contributed by atoms with Gasteiger partial charge in [0.25, 0.3) is 0 Å². The SMILES string of the molecule is COc1ccc(C)cc1NC(=O)[C@@H]1CCCN1S(=O)(=O)c1c(C)cc(C)cc1C. The Morgan fingerprint density at radius 3 is 2.34 bits per heavy atom. The molecule has 6 nitrogen and oxygen atoms in total. The second-order valence-corrected chi connectivity index (χ2v) is 9.52. The van der Waals surface area contributed by atoms with Gasteiger partial charge in [-0.05, 0) is 69.4 Å². The van der Waals surface area contributed by atoms with E-state index < -0.39 is 16.1 Å². The number of carbonyl (C=O) groups excluding carboxylic acids is 1. The first-order valence-corrected chi connectivity index (χ1v) is 11.1. The lowest BCUT2D eigenvalue weighted by atomic mass is 10.1. The van der Waals surface area contributed by atoms with Gasteiger partial charge in [-0.2, -0.15) is 4.31 Å². The van der Waals surface area contributed by atoms with Crippen molar-refractivity contribution in [1.29, 1.82) is 0 Å². The molecule has 29 heavy (non-hydrogen) atoms. The predicted molar refractivity (Wildman–Crippen MR) is 114 cm³/mol. The van der Waals surface area contributed by atoms with E-state index in [0.29, 0.717) is 46.8 Å². The predicted octanol–water partition coefficient (Wildman–Crippen LogP) is 3.72. The lowest BCUT2D eigenvalue weighted by molar-refractivity contribution is -0.119. The van der Waals surface area contributed by atoms with Gasteiger partial charge in [0.2, 0.25) is 15.9 Å². The number of nitrogens with zero attached hydrogens (tertiary/aromatic N) is 1. The van der Waals surface area contributed by atoms with Crippen molar-refractivity contribution in [2.75, 3.05) is 19.0 Å². The summed E-state index contributed by atoms with van der Waals surface area (Å²) >= 11 is 0. The van der Waals surface area contributed by atoms with Crippen molar-refractivity contribution in [3.8, 4) is 5.75 Å². The zero-order valence-corrected chi connectivity index (χ0v) is 18.4. The molecule has 1 aliphatic rings. The van der Waals surface area contributed by atoms with Gasteiger partial charge < -0.3 is 10.1 Å². The van der Waals surface area contributed by atoms with Crippen LogP contribution in [0.3, 0.4) is 0 Å². The summed E-state index contributed by atoms with van der Waals surface area (Å²) in [7, 11) is -2.25. The van der Waals surface area contributed by atoms with Crippen LogP contribution >= 0.6 is 0 Å². The number of aryl methyl sites for hydroxylation is 4. The summed E-state index contributed by atoms with van der Waals surface area (Å²) in [6, 6.07) is 8.48. The van der Waals surface area contributed by atoms with E-state index in [1.807, 2.05) is 38.1 Å². The zero-order valence-electron chi connectivity index (χ0n) is 17.6. The molecule has 1 saturated heterocycles. The van der Waals surface area contributed by atoms with Gasteiger partial charge >= 0.3 is 0 Å². The van der Waals surface area contributed by atoms with Crippen molar-refractivity contribution < 1.29 is 17.9 Å². The minimum absolute atomic E-state index is 0.302. The molecule has 0 saturated carbocycles. The minimum atomic E-state index is -3.79. The fraction of sp³-hybridized carbons (Fsp3) is 0.409. The van der Waals surface area contributed by atoms with Gasteiger partial charge in [0.1, 0.15) is 11.8 Å². The molecule has 1 aliphatic heterocycles. The monoisotopic (exact) mass is 416 g/mol. The maximum atomic E-state index is 13.5. The normalized spacial score (nSPS) is 17.3. The Balaban J connectivity index is 1.92. The Morgan fingerprint density at radius 2 is 1.72 bits per heavy atom. The van der Waals surface area contributed by atoms with Crippen LogP contribution in [0.25, 0.3) is 0 Å². The Morgan fingerprint density at radius 1 is 1.07 bits per heavy atom. The van der Waals surface area contributed by atoms with Gasteiger partial charge in [-0.15, -0.1) is 0 Å². The fourth-order valence-electron chi connectivity index (χ4n) is 4.12. The molecule has 1 heterocycles. The highest BCUT2D eigenvalue weighted by molar-refractivity contribution is 7.89. The minimum Gasteiger partial charge on any atom is -0.495 e. The molecular weight excluding hydrogens is 388 g/mol. The molecule has 3 rings (SSSR count). The van der Waals surface area contributed by atoms with Crippen LogP contribution in [-0.4, -0.2) is 38.3 Å². The van der Waals surface area contributed by atoms with Gasteiger partial charge in [-0.3, -0.25) is 4.79 Å². The molecular formula is C22H28N2O4S. The number of anilines is 1. The molecule has 156 valence electrons. The molecule has 0 aliphatic carbocycles. The standard InChI is InChI=1S/C22H28N2O4S/c1-14-8-9-20(28-5)18(13-14)23-22(25)19-7-6-10-24(19)29(26,27)21-16(3)11-15(2)12-17(21)4/h8-9,11-13,19H,6-7,10H2,1-5H3,(H,23,25)/t19-/m0/s1. The first kappa shape index (κ1) is 21.3. The third-order valence-electron chi connectivity index (χ3n) is 5.29. The largest absolute Gasteiger partial charge is 0.495 e. The third kappa shape index (κ3) is 4.16. The van der Waals surface area contributed by atoms with Crippen LogP contribution in [0.2, 0.25) is 0 Å². The molecule has 0 radical (unpaired) electrons. The van der Waals surface area contributed by atoms with Crippen LogP contribution in [0.1, 0.15) is 35.1 Å². The molecule has 2 aromatic carbocycles. The number of methoxy groups -OCH3 is 1. The summed E-state index contributed by atoms with van der Waals surface area (Å²) in [6.45, 7) is 7.80. The van der Waals surface area contributed by atoms with Gasteiger partial charge in [0.15, 0.2) is 0 Å². The van der Waals surface area contributed by atoms with E-state index in [2.05, 4.69) is 5.32 Å². The van der Waals surface area contributed by atoms with Crippen molar-refractivity contribution in [2.45, 2.75) is 51.5 Å². The van der Waals surface area contributed by atoms with Gasteiger partial charge in [-0.1, -0.05) is 23.8 Å². The van der Waals surface area contributed by atoms with Crippen molar-refractivity contribution in [3.05, 3.63) is 52.6 Å². The topological polar surface area (TPSA) is 75.7 Å². The summed E-state index contributed by atoms with van der Waals surface area (Å²) in [4.78, 5) is 13.3. The number of carbonyl (C=O) groups is 1. The Kier molecular flexibility index (Phi) is 6.00. The van der Waals surface area contributed by atoms with Crippen LogP contribution in [0, 0.1) is 27.7 Å². The van der Waals surface area contributed by atoms with E-state index in [1.54, 1.807) is 19.9 Å². The van der Waals surface area contributed by atoms with Crippen LogP contribution in [0.15, 0.2) is 35.2 Å². The van der Waals surface area contributed by atoms with Crippen molar-refractivity contribution >= 4 is 21.6 Å². The molecule has 7 heteroatoms. The van der Waals surface area contributed by atoms with Crippen molar-refractivity contribution in [2.24, 2.45) is 0 Å². The summed E-state index contributed by atoms with van der Waals surface area (Å²) < 4.78 is 33.6. The number of hydrogen-bond donors (Lipinski definition) is 1. The van der Waals surface area contributed by atoms with Crippen molar-refractivity contribution in [1.82, 2.24) is 4.31 Å². The quantitative estimate of drug-likeness (QED) is 0.806. The summed E-state index contributed by atoms with van der Waals surface area (Å²) in [5.41, 5.74) is 3.94. The van der Waals surface area contributed by atoms with Crippen LogP contribution in [-0.2, 0) is 14.8 Å². The Bertz CT molecular complexity index is 1020. The average Bonchev–Trinajstić information content (AvgIpc) is 3.11. The second kappa shape index (κ2) is 8.16. The van der Waals surface area contributed by atoms with E-state index in [-0.39, 0.29) is 5.91 Å². The van der Waals surface area contributed by atoms with E-state index in [9.17, 15) is 13.2 Å². The molecule has 0 spiro atoms. The van der Waals surface area contributed by atoms with Gasteiger partial charge in [-0.25, -0.2) is 8.42 Å². The van der Waals surface area contributed by atoms with E-state index in [0.717, 1.165) is 11.1 Å². The Labute approximate surface area is 172 Å². The van der Waals surface area contributed by atoms with Gasteiger partial charge in [0.05, 0.1) is 17.7 Å². The van der Waals surface area contributed by atoms with E-state index in [4.69, 9.17) is 4.74 Å². The number of nitrogens with one attached hydrogen (secondary N) is 1. The second-order valence-electron chi connectivity index (χ2n) is 7.69. The average molecular weight is 417 g/mol. The molecule has 1 atom stereocenters. The smallest absolute Gasteiger partial charge is 0.244 e. The van der Waals surface area contributed by atoms with Crippen LogP contribution in [0.5, 0.6) is 5.75 Å². The number of benzene rings is 2. The van der Waals surface area contributed by atoms with Crippen molar-refractivity contribution in [3.63, 3.8) is 0 Å². The fourth-order valence-corrected chi connectivity index (χ4v) is 6.19. The maximum absolute atomic E-state index is 13.5.